The Kier molecular flexibility index (Phi) is 9.79. The van der Waals surface area contributed by atoms with Crippen LogP contribution in [0.3, 0.4) is 0 Å². The van der Waals surface area contributed by atoms with Crippen LogP contribution in [0.15, 0.2) is 78.9 Å². The maximum atomic E-state index is 13.8. The molecule has 1 fully saturated rings. The van der Waals surface area contributed by atoms with E-state index in [1.54, 1.807) is 36.3 Å². The van der Waals surface area contributed by atoms with Crippen molar-refractivity contribution in [3.63, 3.8) is 0 Å². The van der Waals surface area contributed by atoms with E-state index in [4.69, 9.17) is 9.47 Å². The van der Waals surface area contributed by atoms with Crippen molar-refractivity contribution in [3.05, 3.63) is 95.6 Å². The van der Waals surface area contributed by atoms with Gasteiger partial charge in [0.1, 0.15) is 17.5 Å². The summed E-state index contributed by atoms with van der Waals surface area (Å²) < 4.78 is 11.1. The fourth-order valence-electron chi connectivity index (χ4n) is 4.89. The Morgan fingerprint density at radius 1 is 0.868 bits per heavy atom. The van der Waals surface area contributed by atoms with Crippen molar-refractivity contribution in [1.82, 2.24) is 10.2 Å². The molecular formula is C32H38N2O4. The van der Waals surface area contributed by atoms with Crippen LogP contribution in [0.5, 0.6) is 11.5 Å². The number of ether oxygens (including phenoxy) is 2. The highest BCUT2D eigenvalue weighted by Gasteiger charge is 2.32. The Bertz CT molecular complexity index is 1160. The van der Waals surface area contributed by atoms with Gasteiger partial charge in [-0.3, -0.25) is 9.59 Å². The zero-order valence-corrected chi connectivity index (χ0v) is 22.4. The molecule has 0 radical (unpaired) electrons. The van der Waals surface area contributed by atoms with Crippen LogP contribution in [0, 0.1) is 6.92 Å². The van der Waals surface area contributed by atoms with Gasteiger partial charge in [0.2, 0.25) is 5.91 Å². The minimum Gasteiger partial charge on any atom is -0.497 e. The Labute approximate surface area is 226 Å². The van der Waals surface area contributed by atoms with Gasteiger partial charge in [0.05, 0.1) is 7.11 Å². The number of carbonyl (C=O) groups excluding carboxylic acids is 2. The van der Waals surface area contributed by atoms with Crippen molar-refractivity contribution >= 4 is 11.8 Å². The second kappa shape index (κ2) is 13.7. The first-order valence-electron chi connectivity index (χ1n) is 13.5. The molecule has 200 valence electrons. The van der Waals surface area contributed by atoms with E-state index in [1.807, 2.05) is 61.5 Å². The lowest BCUT2D eigenvalue weighted by atomic mass is 9.94. The van der Waals surface area contributed by atoms with Gasteiger partial charge in [-0.2, -0.15) is 0 Å². The molecule has 0 unspecified atom stereocenters. The van der Waals surface area contributed by atoms with Gasteiger partial charge < -0.3 is 19.7 Å². The van der Waals surface area contributed by atoms with Gasteiger partial charge in [0, 0.05) is 19.0 Å². The summed E-state index contributed by atoms with van der Waals surface area (Å²) in [6.07, 6.45) is 5.85. The van der Waals surface area contributed by atoms with Crippen LogP contribution in [0.4, 0.5) is 0 Å². The minimum absolute atomic E-state index is 0.106. The van der Waals surface area contributed by atoms with Crippen LogP contribution in [0.2, 0.25) is 0 Å². The largest absolute Gasteiger partial charge is 0.497 e. The molecule has 2 amide bonds. The van der Waals surface area contributed by atoms with Crippen molar-refractivity contribution in [2.45, 2.75) is 64.1 Å². The molecule has 6 nitrogen and oxygen atoms in total. The van der Waals surface area contributed by atoms with E-state index in [0.29, 0.717) is 24.5 Å². The molecule has 6 heteroatoms. The number of nitrogens with zero attached hydrogens (tertiary/aromatic N) is 1. The van der Waals surface area contributed by atoms with E-state index >= 15 is 0 Å². The van der Waals surface area contributed by atoms with Gasteiger partial charge in [0.25, 0.3) is 5.91 Å². The lowest BCUT2D eigenvalue weighted by Crippen LogP contribution is -2.53. The Hall–Kier alpha value is -3.80. The Balaban J connectivity index is 1.58. The van der Waals surface area contributed by atoms with E-state index in [1.165, 1.54) is 6.42 Å². The maximum absolute atomic E-state index is 13.8. The molecule has 3 aromatic carbocycles. The maximum Gasteiger partial charge on any atom is 0.261 e. The number of aryl methyl sites for hydroxylation is 1. The zero-order chi connectivity index (χ0) is 26.7. The third-order valence-corrected chi connectivity index (χ3v) is 7.12. The number of rotatable bonds is 11. The number of hydrogen-bond donors (Lipinski definition) is 1. The topological polar surface area (TPSA) is 67.9 Å². The molecule has 1 N–H and O–H groups in total. The Morgan fingerprint density at radius 2 is 1.53 bits per heavy atom. The third kappa shape index (κ3) is 7.85. The zero-order valence-electron chi connectivity index (χ0n) is 22.4. The molecule has 1 aliphatic rings. The molecule has 0 aliphatic heterocycles. The molecule has 0 heterocycles. The van der Waals surface area contributed by atoms with Crippen LogP contribution in [0.1, 0.15) is 48.8 Å². The fraction of sp³-hybridized carbons (Fsp3) is 0.375. The van der Waals surface area contributed by atoms with E-state index in [9.17, 15) is 9.59 Å². The summed E-state index contributed by atoms with van der Waals surface area (Å²) in [6, 6.07) is 24.6. The molecule has 1 aliphatic carbocycles. The summed E-state index contributed by atoms with van der Waals surface area (Å²) in [5, 5.41) is 3.27. The van der Waals surface area contributed by atoms with Crippen molar-refractivity contribution in [3.8, 4) is 11.5 Å². The molecule has 3 aromatic rings. The summed E-state index contributed by atoms with van der Waals surface area (Å²) in [6.45, 7) is 2.19. The predicted molar refractivity (Wildman–Crippen MR) is 149 cm³/mol. The number of benzene rings is 3. The highest BCUT2D eigenvalue weighted by molar-refractivity contribution is 5.88. The monoisotopic (exact) mass is 514 g/mol. The lowest BCUT2D eigenvalue weighted by Gasteiger charge is -2.33. The number of nitrogens with one attached hydrogen (secondary N) is 1. The molecule has 0 saturated heterocycles. The first kappa shape index (κ1) is 27.2. The van der Waals surface area contributed by atoms with Gasteiger partial charge in [-0.25, -0.2) is 0 Å². The van der Waals surface area contributed by atoms with E-state index in [2.05, 4.69) is 5.32 Å². The van der Waals surface area contributed by atoms with Crippen molar-refractivity contribution in [2.75, 3.05) is 13.7 Å². The second-order valence-electron chi connectivity index (χ2n) is 10.0. The van der Waals surface area contributed by atoms with E-state index < -0.39 is 6.04 Å². The van der Waals surface area contributed by atoms with Gasteiger partial charge in [0.15, 0.2) is 6.61 Å². The van der Waals surface area contributed by atoms with Gasteiger partial charge >= 0.3 is 0 Å². The number of carbonyl (C=O) groups is 2. The van der Waals surface area contributed by atoms with Crippen LogP contribution >= 0.6 is 0 Å². The summed E-state index contributed by atoms with van der Waals surface area (Å²) >= 11 is 0. The van der Waals surface area contributed by atoms with Crippen molar-refractivity contribution in [1.29, 1.82) is 0 Å². The predicted octanol–water partition coefficient (Wildman–Crippen LogP) is 5.47. The summed E-state index contributed by atoms with van der Waals surface area (Å²) in [5.41, 5.74) is 3.12. The highest BCUT2D eigenvalue weighted by Crippen LogP contribution is 2.21. The summed E-state index contributed by atoms with van der Waals surface area (Å²) in [7, 11) is 1.60. The highest BCUT2D eigenvalue weighted by atomic mass is 16.5. The normalized spacial score (nSPS) is 14.4. The van der Waals surface area contributed by atoms with Crippen LogP contribution in [0.25, 0.3) is 0 Å². The van der Waals surface area contributed by atoms with Gasteiger partial charge in [-0.05, 0) is 55.2 Å². The molecular weight excluding hydrogens is 476 g/mol. The van der Waals surface area contributed by atoms with E-state index in [0.717, 1.165) is 42.4 Å². The van der Waals surface area contributed by atoms with Crippen LogP contribution < -0.4 is 14.8 Å². The lowest BCUT2D eigenvalue weighted by molar-refractivity contribution is -0.143. The first-order chi connectivity index (χ1) is 18.5. The van der Waals surface area contributed by atoms with Gasteiger partial charge in [-0.1, -0.05) is 79.4 Å². The smallest absolute Gasteiger partial charge is 0.261 e. The number of methoxy groups -OCH3 is 1. The molecule has 0 spiro atoms. The molecule has 1 atom stereocenters. The van der Waals surface area contributed by atoms with Crippen LogP contribution in [-0.2, 0) is 22.6 Å². The second-order valence-corrected chi connectivity index (χ2v) is 10.0. The van der Waals surface area contributed by atoms with Crippen molar-refractivity contribution in [2.24, 2.45) is 0 Å². The summed E-state index contributed by atoms with van der Waals surface area (Å²) in [5.74, 6) is 0.944. The third-order valence-electron chi connectivity index (χ3n) is 7.12. The Morgan fingerprint density at radius 3 is 2.18 bits per heavy atom. The SMILES string of the molecule is COc1ccc(OCC(=O)N(Cc2ccc(C)cc2)[C@@H](Cc2ccccc2)C(=O)NC2CCCCC2)cc1. The molecule has 0 aromatic heterocycles. The average Bonchev–Trinajstić information content (AvgIpc) is 2.96. The fourth-order valence-corrected chi connectivity index (χ4v) is 4.89. The molecule has 0 bridgehead atoms. The van der Waals surface area contributed by atoms with Crippen LogP contribution in [-0.4, -0.2) is 42.5 Å². The van der Waals surface area contributed by atoms with E-state index in [-0.39, 0.29) is 24.5 Å². The standard InChI is InChI=1S/C32H38N2O4/c1-24-13-15-26(16-14-24)22-34(31(35)23-38-29-19-17-28(37-2)18-20-29)30(21-25-9-5-3-6-10-25)32(36)33-27-11-7-4-8-12-27/h3,5-6,9-10,13-20,27,30H,4,7-8,11-12,21-23H2,1-2H3,(H,33,36)/t30-/m0/s1. The van der Waals surface area contributed by atoms with Crippen molar-refractivity contribution < 1.29 is 19.1 Å². The average molecular weight is 515 g/mol. The molecule has 4 rings (SSSR count). The quantitative estimate of drug-likeness (QED) is 0.368. The first-order valence-corrected chi connectivity index (χ1v) is 13.5. The molecule has 1 saturated carbocycles. The number of amides is 2. The number of hydrogen-bond acceptors (Lipinski definition) is 4. The minimum atomic E-state index is -0.660. The summed E-state index contributed by atoms with van der Waals surface area (Å²) in [4.78, 5) is 29.2. The molecule has 38 heavy (non-hydrogen) atoms. The van der Waals surface area contributed by atoms with Gasteiger partial charge in [-0.15, -0.1) is 0 Å².